The Balaban J connectivity index is 3.18. The average Bonchev–Trinajstić information content (AvgIpc) is 2.28. The van der Waals surface area contributed by atoms with E-state index in [4.69, 9.17) is 5.84 Å². The van der Waals surface area contributed by atoms with Gasteiger partial charge in [0, 0.05) is 0 Å². The maximum Gasteiger partial charge on any atom is 0.254 e. The number of aryl methyl sites for hydroxylation is 2. The normalized spacial score (nSPS) is 11.1. The first-order valence-electron chi connectivity index (χ1n) is 5.30. The van der Waals surface area contributed by atoms with E-state index in [9.17, 15) is 13.2 Å². The first-order chi connectivity index (χ1) is 8.25. The molecule has 0 spiro atoms. The second-order valence-electron chi connectivity index (χ2n) is 4.11. The minimum atomic E-state index is -3.54. The third-order valence-electron chi connectivity index (χ3n) is 2.63. The fourth-order valence-electron chi connectivity index (χ4n) is 1.46. The highest BCUT2D eigenvalue weighted by molar-refractivity contribution is 7.92. The first-order valence-corrected chi connectivity index (χ1v) is 7.15. The molecule has 0 heterocycles. The van der Waals surface area contributed by atoms with Crippen molar-refractivity contribution in [2.24, 2.45) is 5.84 Å². The van der Waals surface area contributed by atoms with Crippen molar-refractivity contribution < 1.29 is 13.2 Å². The largest absolute Gasteiger partial charge is 0.293 e. The predicted octanol–water partition coefficient (Wildman–Crippen LogP) is 0.0593. The van der Waals surface area contributed by atoms with Crippen LogP contribution in [0.3, 0.4) is 0 Å². The molecule has 3 N–H and O–H groups in total. The molecule has 0 fully saturated rings. The van der Waals surface area contributed by atoms with E-state index in [1.807, 2.05) is 25.3 Å². The summed E-state index contributed by atoms with van der Waals surface area (Å²) in [6, 6.07) is 5.19. The van der Waals surface area contributed by atoms with Crippen LogP contribution < -0.4 is 15.6 Å². The molecular weight excluding hydrogens is 254 g/mol. The quantitative estimate of drug-likeness (QED) is 0.460. The number of benzene rings is 1. The fraction of sp³-hybridized carbons (Fsp3) is 0.364. The van der Waals surface area contributed by atoms with Crippen molar-refractivity contribution in [3.05, 3.63) is 29.3 Å². The van der Waals surface area contributed by atoms with Crippen LogP contribution in [0.15, 0.2) is 18.2 Å². The molecule has 100 valence electrons. The number of carbonyl (C=O) groups is 1. The summed E-state index contributed by atoms with van der Waals surface area (Å²) in [6.45, 7) is 3.47. The van der Waals surface area contributed by atoms with Gasteiger partial charge in [-0.15, -0.1) is 0 Å². The average molecular weight is 271 g/mol. The maximum atomic E-state index is 11.7. The molecule has 0 aromatic heterocycles. The standard InChI is InChI=1S/C11H17N3O3S/c1-8-4-5-10(6-9(8)2)14(18(3,16)17)7-11(15)13-12/h4-6H,7,12H2,1-3H3,(H,13,15). The summed E-state index contributed by atoms with van der Waals surface area (Å²) in [4.78, 5) is 11.3. The van der Waals surface area contributed by atoms with Gasteiger partial charge in [-0.3, -0.25) is 14.5 Å². The topological polar surface area (TPSA) is 92.5 Å². The van der Waals surface area contributed by atoms with Crippen LogP contribution >= 0.6 is 0 Å². The Labute approximate surface area is 107 Å². The molecule has 0 saturated carbocycles. The Hall–Kier alpha value is -1.60. The smallest absolute Gasteiger partial charge is 0.254 e. The Morgan fingerprint density at radius 3 is 2.39 bits per heavy atom. The molecule has 0 unspecified atom stereocenters. The van der Waals surface area contributed by atoms with Gasteiger partial charge in [0.1, 0.15) is 6.54 Å². The molecule has 0 bridgehead atoms. The van der Waals surface area contributed by atoms with Crippen LogP contribution in [0.25, 0.3) is 0 Å². The van der Waals surface area contributed by atoms with Crippen LogP contribution in [0.2, 0.25) is 0 Å². The molecule has 1 amide bonds. The Bertz CT molecular complexity index is 555. The lowest BCUT2D eigenvalue weighted by molar-refractivity contribution is -0.119. The van der Waals surface area contributed by atoms with Gasteiger partial charge in [-0.2, -0.15) is 0 Å². The van der Waals surface area contributed by atoms with E-state index in [0.717, 1.165) is 21.7 Å². The monoisotopic (exact) mass is 271 g/mol. The molecule has 1 aromatic rings. The van der Waals surface area contributed by atoms with Crippen LogP contribution in [0.5, 0.6) is 0 Å². The van der Waals surface area contributed by atoms with Crippen molar-refractivity contribution in [2.75, 3.05) is 17.1 Å². The lowest BCUT2D eigenvalue weighted by Crippen LogP contribution is -2.42. The molecule has 0 aliphatic carbocycles. The van der Waals surface area contributed by atoms with E-state index in [0.29, 0.717) is 5.69 Å². The molecule has 0 aliphatic rings. The zero-order valence-corrected chi connectivity index (χ0v) is 11.4. The maximum absolute atomic E-state index is 11.7. The number of nitrogens with zero attached hydrogens (tertiary/aromatic N) is 1. The third-order valence-corrected chi connectivity index (χ3v) is 3.77. The highest BCUT2D eigenvalue weighted by Gasteiger charge is 2.20. The van der Waals surface area contributed by atoms with Crippen LogP contribution in [-0.2, 0) is 14.8 Å². The molecule has 18 heavy (non-hydrogen) atoms. The van der Waals surface area contributed by atoms with Crippen LogP contribution in [-0.4, -0.2) is 27.1 Å². The van der Waals surface area contributed by atoms with Crippen molar-refractivity contribution in [3.8, 4) is 0 Å². The second kappa shape index (κ2) is 5.36. The number of nitrogens with two attached hydrogens (primary N) is 1. The Kier molecular flexibility index (Phi) is 4.31. The summed E-state index contributed by atoms with van der Waals surface area (Å²) in [5.41, 5.74) is 4.37. The highest BCUT2D eigenvalue weighted by atomic mass is 32.2. The lowest BCUT2D eigenvalue weighted by atomic mass is 10.1. The molecule has 0 aliphatic heterocycles. The Morgan fingerprint density at radius 2 is 1.94 bits per heavy atom. The van der Waals surface area contributed by atoms with Gasteiger partial charge < -0.3 is 0 Å². The SMILES string of the molecule is Cc1ccc(N(CC(=O)NN)S(C)(=O)=O)cc1C. The first kappa shape index (κ1) is 14.5. The van der Waals surface area contributed by atoms with Gasteiger partial charge in [0.05, 0.1) is 11.9 Å². The van der Waals surface area contributed by atoms with Crippen molar-refractivity contribution in [1.82, 2.24) is 5.43 Å². The number of amides is 1. The molecule has 6 nitrogen and oxygen atoms in total. The van der Waals surface area contributed by atoms with Gasteiger partial charge in [-0.05, 0) is 37.1 Å². The van der Waals surface area contributed by atoms with E-state index in [1.54, 1.807) is 12.1 Å². The molecule has 0 radical (unpaired) electrons. The van der Waals surface area contributed by atoms with Gasteiger partial charge in [-0.25, -0.2) is 14.3 Å². The van der Waals surface area contributed by atoms with Gasteiger partial charge in [0.2, 0.25) is 10.0 Å². The molecule has 0 saturated heterocycles. The van der Waals surface area contributed by atoms with Crippen molar-refractivity contribution in [1.29, 1.82) is 0 Å². The number of hydrogen-bond acceptors (Lipinski definition) is 4. The minimum absolute atomic E-state index is 0.335. The summed E-state index contributed by atoms with van der Waals surface area (Å²) < 4.78 is 24.4. The number of carbonyl (C=O) groups excluding carboxylic acids is 1. The zero-order chi connectivity index (χ0) is 13.9. The second-order valence-corrected chi connectivity index (χ2v) is 6.01. The van der Waals surface area contributed by atoms with Gasteiger partial charge >= 0.3 is 0 Å². The molecular formula is C11H17N3O3S. The van der Waals surface area contributed by atoms with Crippen LogP contribution in [0.4, 0.5) is 5.69 Å². The summed E-state index contributed by atoms with van der Waals surface area (Å²) in [5.74, 6) is 4.40. The Morgan fingerprint density at radius 1 is 1.33 bits per heavy atom. The van der Waals surface area contributed by atoms with Crippen molar-refractivity contribution in [2.45, 2.75) is 13.8 Å². The van der Waals surface area contributed by atoms with E-state index in [1.165, 1.54) is 0 Å². The molecule has 7 heteroatoms. The van der Waals surface area contributed by atoms with E-state index in [2.05, 4.69) is 0 Å². The van der Waals surface area contributed by atoms with E-state index < -0.39 is 15.9 Å². The van der Waals surface area contributed by atoms with Gasteiger partial charge in [-0.1, -0.05) is 6.07 Å². The van der Waals surface area contributed by atoms with Crippen molar-refractivity contribution in [3.63, 3.8) is 0 Å². The fourth-order valence-corrected chi connectivity index (χ4v) is 2.31. The van der Waals surface area contributed by atoms with Crippen molar-refractivity contribution >= 4 is 21.6 Å². The number of rotatable bonds is 4. The van der Waals surface area contributed by atoms with Gasteiger partial charge in [0.15, 0.2) is 0 Å². The third kappa shape index (κ3) is 3.44. The minimum Gasteiger partial charge on any atom is -0.293 e. The molecule has 1 aromatic carbocycles. The number of sulfonamides is 1. The van der Waals surface area contributed by atoms with E-state index in [-0.39, 0.29) is 6.54 Å². The summed E-state index contributed by atoms with van der Waals surface area (Å²) >= 11 is 0. The van der Waals surface area contributed by atoms with Gasteiger partial charge in [0.25, 0.3) is 5.91 Å². The van der Waals surface area contributed by atoms with Crippen LogP contribution in [0, 0.1) is 13.8 Å². The summed E-state index contributed by atoms with van der Waals surface area (Å²) in [7, 11) is -3.54. The zero-order valence-electron chi connectivity index (χ0n) is 10.6. The number of anilines is 1. The number of nitrogens with one attached hydrogen (secondary N) is 1. The molecule has 1 rings (SSSR count). The lowest BCUT2D eigenvalue weighted by Gasteiger charge is -2.22. The summed E-state index contributed by atoms with van der Waals surface area (Å²) in [6.07, 6.45) is 1.05. The van der Waals surface area contributed by atoms with E-state index >= 15 is 0 Å². The number of hydrogen-bond donors (Lipinski definition) is 2. The highest BCUT2D eigenvalue weighted by Crippen LogP contribution is 2.20. The molecule has 0 atom stereocenters. The van der Waals surface area contributed by atoms with Crippen LogP contribution in [0.1, 0.15) is 11.1 Å². The summed E-state index contributed by atoms with van der Waals surface area (Å²) in [5, 5.41) is 0. The number of hydrazine groups is 1. The predicted molar refractivity (Wildman–Crippen MR) is 70.4 cm³/mol.